The standard InChI is InChI=1S/C15H22N4/c1-12-9-10-14-17-15(18-19(14)11-12)16-13-7-5-3-2-4-6-8-13/h9-11,13H,2-8H2,1H3,(H,16,18). The van der Waals surface area contributed by atoms with E-state index in [1.54, 1.807) is 0 Å². The lowest BCUT2D eigenvalue weighted by Crippen LogP contribution is -2.21. The van der Waals surface area contributed by atoms with Crippen LogP contribution < -0.4 is 5.32 Å². The van der Waals surface area contributed by atoms with Crippen molar-refractivity contribution in [1.29, 1.82) is 0 Å². The Morgan fingerprint density at radius 1 is 1.11 bits per heavy atom. The molecular weight excluding hydrogens is 236 g/mol. The zero-order chi connectivity index (χ0) is 13.1. The molecule has 4 nitrogen and oxygen atoms in total. The number of aryl methyl sites for hydroxylation is 1. The van der Waals surface area contributed by atoms with Crippen LogP contribution in [0.2, 0.25) is 0 Å². The molecule has 3 rings (SSSR count). The van der Waals surface area contributed by atoms with Gasteiger partial charge in [0.15, 0.2) is 5.65 Å². The molecule has 1 N–H and O–H groups in total. The third kappa shape index (κ3) is 3.06. The zero-order valence-corrected chi connectivity index (χ0v) is 11.6. The van der Waals surface area contributed by atoms with Crippen LogP contribution in [0, 0.1) is 6.92 Å². The van der Waals surface area contributed by atoms with Crippen molar-refractivity contribution in [2.75, 3.05) is 5.32 Å². The Balaban J connectivity index is 1.72. The monoisotopic (exact) mass is 258 g/mol. The third-order valence-corrected chi connectivity index (χ3v) is 3.92. The van der Waals surface area contributed by atoms with Gasteiger partial charge in [-0.1, -0.05) is 38.2 Å². The highest BCUT2D eigenvalue weighted by atomic mass is 15.3. The van der Waals surface area contributed by atoms with Crippen molar-refractivity contribution in [1.82, 2.24) is 14.6 Å². The highest BCUT2D eigenvalue weighted by Gasteiger charge is 2.13. The maximum Gasteiger partial charge on any atom is 0.243 e. The van der Waals surface area contributed by atoms with Crippen LogP contribution in [0.1, 0.15) is 50.5 Å². The predicted molar refractivity (Wildman–Crippen MR) is 77.5 cm³/mol. The van der Waals surface area contributed by atoms with E-state index < -0.39 is 0 Å². The lowest BCUT2D eigenvalue weighted by atomic mass is 9.97. The second-order valence-electron chi connectivity index (χ2n) is 5.63. The maximum absolute atomic E-state index is 4.54. The second kappa shape index (κ2) is 5.59. The minimum Gasteiger partial charge on any atom is -0.350 e. The van der Waals surface area contributed by atoms with Crippen molar-refractivity contribution >= 4 is 11.6 Å². The number of nitrogens with one attached hydrogen (secondary N) is 1. The Hall–Kier alpha value is -1.58. The second-order valence-corrected chi connectivity index (χ2v) is 5.63. The van der Waals surface area contributed by atoms with Gasteiger partial charge in [0, 0.05) is 12.2 Å². The molecule has 0 aliphatic heterocycles. The van der Waals surface area contributed by atoms with Crippen LogP contribution in [0.5, 0.6) is 0 Å². The molecule has 102 valence electrons. The molecule has 1 aliphatic carbocycles. The van der Waals surface area contributed by atoms with E-state index in [1.807, 2.05) is 16.8 Å². The molecule has 1 fully saturated rings. The molecule has 0 radical (unpaired) electrons. The zero-order valence-electron chi connectivity index (χ0n) is 11.6. The van der Waals surface area contributed by atoms with Crippen LogP contribution in [0.4, 0.5) is 5.95 Å². The average molecular weight is 258 g/mol. The van der Waals surface area contributed by atoms with Gasteiger partial charge in [-0.2, -0.15) is 4.98 Å². The Kier molecular flexibility index (Phi) is 3.67. The van der Waals surface area contributed by atoms with Crippen LogP contribution in [0.25, 0.3) is 5.65 Å². The van der Waals surface area contributed by atoms with E-state index in [1.165, 1.54) is 50.5 Å². The Labute approximate surface area is 114 Å². The lowest BCUT2D eigenvalue weighted by molar-refractivity contribution is 0.470. The average Bonchev–Trinajstić information content (AvgIpc) is 2.74. The van der Waals surface area contributed by atoms with Gasteiger partial charge in [0.2, 0.25) is 5.95 Å². The van der Waals surface area contributed by atoms with E-state index in [9.17, 15) is 0 Å². The van der Waals surface area contributed by atoms with Gasteiger partial charge < -0.3 is 5.32 Å². The first-order valence-corrected chi connectivity index (χ1v) is 7.41. The molecule has 0 unspecified atom stereocenters. The van der Waals surface area contributed by atoms with Crippen molar-refractivity contribution in [2.45, 2.75) is 57.9 Å². The van der Waals surface area contributed by atoms with E-state index >= 15 is 0 Å². The largest absolute Gasteiger partial charge is 0.350 e. The van der Waals surface area contributed by atoms with Gasteiger partial charge in [-0.3, -0.25) is 0 Å². The molecule has 1 aliphatic rings. The predicted octanol–water partition coefficient (Wildman–Crippen LogP) is 3.56. The summed E-state index contributed by atoms with van der Waals surface area (Å²) in [6, 6.07) is 4.63. The quantitative estimate of drug-likeness (QED) is 0.895. The number of rotatable bonds is 2. The van der Waals surface area contributed by atoms with E-state index in [4.69, 9.17) is 0 Å². The number of fused-ring (bicyclic) bond motifs is 1. The van der Waals surface area contributed by atoms with Crippen LogP contribution in [-0.4, -0.2) is 20.6 Å². The summed E-state index contributed by atoms with van der Waals surface area (Å²) < 4.78 is 1.86. The van der Waals surface area contributed by atoms with E-state index in [0.29, 0.717) is 6.04 Å². The molecule has 0 aromatic carbocycles. The first-order valence-electron chi connectivity index (χ1n) is 7.41. The summed E-state index contributed by atoms with van der Waals surface area (Å²) in [5.41, 5.74) is 2.12. The fraction of sp³-hybridized carbons (Fsp3) is 0.600. The smallest absolute Gasteiger partial charge is 0.243 e. The molecule has 2 heterocycles. The van der Waals surface area contributed by atoms with Crippen molar-refractivity contribution in [3.8, 4) is 0 Å². The van der Waals surface area contributed by atoms with E-state index in [-0.39, 0.29) is 0 Å². The van der Waals surface area contributed by atoms with Gasteiger partial charge in [0.05, 0.1) is 0 Å². The molecule has 0 amide bonds. The van der Waals surface area contributed by atoms with E-state index in [0.717, 1.165) is 11.6 Å². The highest BCUT2D eigenvalue weighted by molar-refractivity contribution is 5.44. The first kappa shape index (κ1) is 12.5. The molecule has 0 atom stereocenters. The number of pyridine rings is 1. The van der Waals surface area contributed by atoms with Gasteiger partial charge in [-0.25, -0.2) is 4.52 Å². The summed E-state index contributed by atoms with van der Waals surface area (Å²) in [4.78, 5) is 4.54. The molecular formula is C15H22N4. The van der Waals surface area contributed by atoms with Crippen LogP contribution in [0.15, 0.2) is 18.3 Å². The van der Waals surface area contributed by atoms with Crippen LogP contribution in [0.3, 0.4) is 0 Å². The summed E-state index contributed by atoms with van der Waals surface area (Å²) in [5, 5.41) is 8.03. The van der Waals surface area contributed by atoms with Gasteiger partial charge >= 0.3 is 0 Å². The number of anilines is 1. The van der Waals surface area contributed by atoms with Gasteiger partial charge in [0.25, 0.3) is 0 Å². The summed E-state index contributed by atoms with van der Waals surface area (Å²) >= 11 is 0. The fourth-order valence-electron chi connectivity index (χ4n) is 2.83. The maximum atomic E-state index is 4.54. The fourth-order valence-corrected chi connectivity index (χ4v) is 2.83. The summed E-state index contributed by atoms with van der Waals surface area (Å²) in [7, 11) is 0. The Morgan fingerprint density at radius 3 is 2.63 bits per heavy atom. The number of aromatic nitrogens is 3. The number of nitrogens with zero attached hydrogens (tertiary/aromatic N) is 3. The highest BCUT2D eigenvalue weighted by Crippen LogP contribution is 2.19. The molecule has 0 saturated heterocycles. The molecule has 2 aromatic rings. The first-order chi connectivity index (χ1) is 9.31. The minimum absolute atomic E-state index is 0.541. The van der Waals surface area contributed by atoms with Crippen molar-refractivity contribution in [2.24, 2.45) is 0 Å². The topological polar surface area (TPSA) is 42.2 Å². The van der Waals surface area contributed by atoms with Crippen LogP contribution >= 0.6 is 0 Å². The molecule has 19 heavy (non-hydrogen) atoms. The van der Waals surface area contributed by atoms with Crippen molar-refractivity contribution in [3.63, 3.8) is 0 Å². The van der Waals surface area contributed by atoms with Gasteiger partial charge in [0.1, 0.15) is 0 Å². The van der Waals surface area contributed by atoms with Crippen LogP contribution in [-0.2, 0) is 0 Å². The normalized spacial score (nSPS) is 18.2. The molecule has 0 bridgehead atoms. The minimum atomic E-state index is 0.541. The lowest BCUT2D eigenvalue weighted by Gasteiger charge is -2.19. The van der Waals surface area contributed by atoms with Crippen molar-refractivity contribution in [3.05, 3.63) is 23.9 Å². The summed E-state index contributed by atoms with van der Waals surface area (Å²) in [6.07, 6.45) is 11.3. The van der Waals surface area contributed by atoms with E-state index in [2.05, 4.69) is 28.4 Å². The summed E-state index contributed by atoms with van der Waals surface area (Å²) in [5.74, 6) is 0.774. The molecule has 0 spiro atoms. The molecule has 1 saturated carbocycles. The van der Waals surface area contributed by atoms with Gasteiger partial charge in [-0.15, -0.1) is 5.10 Å². The third-order valence-electron chi connectivity index (χ3n) is 3.92. The SMILES string of the molecule is Cc1ccc2nc(NC3CCCCCCC3)nn2c1. The van der Waals surface area contributed by atoms with Gasteiger partial charge in [-0.05, 0) is 31.4 Å². The Bertz CT molecular complexity index is 538. The van der Waals surface area contributed by atoms with Crippen molar-refractivity contribution < 1.29 is 0 Å². The summed E-state index contributed by atoms with van der Waals surface area (Å²) in [6.45, 7) is 2.07. The number of hydrogen-bond donors (Lipinski definition) is 1. The molecule has 2 aromatic heterocycles. The molecule has 4 heteroatoms. The number of hydrogen-bond acceptors (Lipinski definition) is 3. The Morgan fingerprint density at radius 2 is 1.84 bits per heavy atom.